The third-order valence-corrected chi connectivity index (χ3v) is 7.58. The zero-order valence-corrected chi connectivity index (χ0v) is 32.0. The van der Waals surface area contributed by atoms with Crippen molar-refractivity contribution in [2.24, 2.45) is 0 Å². The lowest BCUT2D eigenvalue weighted by atomic mass is 10.0. The van der Waals surface area contributed by atoms with Gasteiger partial charge in [-0.1, -0.05) is 90.4 Å². The molecule has 12 heteroatoms. The van der Waals surface area contributed by atoms with Crippen molar-refractivity contribution in [1.82, 2.24) is 0 Å². The Hall–Kier alpha value is -0.510. The minimum atomic E-state index is -0.471. The van der Waals surface area contributed by atoms with Gasteiger partial charge in [-0.2, -0.15) is 0 Å². The van der Waals surface area contributed by atoms with Crippen molar-refractivity contribution in [3.8, 4) is 0 Å². The summed E-state index contributed by atoms with van der Waals surface area (Å²) >= 11 is 0. The fourth-order valence-corrected chi connectivity index (χ4v) is 4.75. The van der Waals surface area contributed by atoms with E-state index in [-0.39, 0.29) is 6.61 Å². The van der Waals surface area contributed by atoms with E-state index >= 15 is 0 Å². The summed E-state index contributed by atoms with van der Waals surface area (Å²) in [5, 5.41) is 0. The number of ether oxygens (including phenoxy) is 11. The highest BCUT2D eigenvalue weighted by atomic mass is 19.1. The first-order valence-corrected chi connectivity index (χ1v) is 19.8. The van der Waals surface area contributed by atoms with Gasteiger partial charge in [0.2, 0.25) is 0 Å². The highest BCUT2D eigenvalue weighted by Crippen LogP contribution is 2.13. The van der Waals surface area contributed by atoms with Gasteiger partial charge in [-0.3, -0.25) is 0 Å². The molecular weight excluding hydrogens is 651 g/mol. The molecule has 0 N–H and O–H groups in total. The van der Waals surface area contributed by atoms with E-state index in [0.29, 0.717) is 132 Å². The molecule has 11 nitrogen and oxygen atoms in total. The van der Waals surface area contributed by atoms with Crippen molar-refractivity contribution in [3.05, 3.63) is 0 Å². The van der Waals surface area contributed by atoms with Gasteiger partial charge in [0.15, 0.2) is 0 Å². The number of halogens is 1. The van der Waals surface area contributed by atoms with Crippen LogP contribution in [-0.2, 0) is 52.1 Å². The van der Waals surface area contributed by atoms with E-state index in [1.807, 2.05) is 0 Å². The highest BCUT2D eigenvalue weighted by molar-refractivity contribution is 4.49. The summed E-state index contributed by atoms with van der Waals surface area (Å²) < 4.78 is 71.7. The molecule has 0 spiro atoms. The summed E-state index contributed by atoms with van der Waals surface area (Å²) in [5.74, 6) is 0. The van der Waals surface area contributed by atoms with Gasteiger partial charge in [0, 0.05) is 6.61 Å². The molecule has 0 saturated heterocycles. The molecule has 0 aliphatic rings. The molecule has 0 saturated carbocycles. The molecule has 0 aliphatic heterocycles. The third-order valence-electron chi connectivity index (χ3n) is 7.58. The van der Waals surface area contributed by atoms with Crippen LogP contribution in [0.2, 0.25) is 0 Å². The van der Waals surface area contributed by atoms with Crippen LogP contribution in [0.15, 0.2) is 0 Å². The molecule has 0 aromatic heterocycles. The van der Waals surface area contributed by atoms with Crippen LogP contribution >= 0.6 is 0 Å². The second kappa shape index (κ2) is 48.5. The molecule has 0 radical (unpaired) electrons. The van der Waals surface area contributed by atoms with Crippen LogP contribution in [0.5, 0.6) is 0 Å². The maximum absolute atomic E-state index is 11.8. The second-order valence-electron chi connectivity index (χ2n) is 12.0. The van der Waals surface area contributed by atoms with E-state index in [1.54, 1.807) is 0 Å². The van der Waals surface area contributed by atoms with E-state index in [1.165, 1.54) is 83.5 Å². The maximum atomic E-state index is 11.8. The molecule has 50 heavy (non-hydrogen) atoms. The Labute approximate surface area is 305 Å². The van der Waals surface area contributed by atoms with Crippen molar-refractivity contribution >= 4 is 0 Å². The first-order valence-electron chi connectivity index (χ1n) is 19.8. The quantitative estimate of drug-likeness (QED) is 0.0633. The van der Waals surface area contributed by atoms with E-state index in [4.69, 9.17) is 52.1 Å². The lowest BCUT2D eigenvalue weighted by Crippen LogP contribution is -2.15. The van der Waals surface area contributed by atoms with Crippen molar-refractivity contribution in [2.45, 2.75) is 96.8 Å². The largest absolute Gasteiger partial charge is 0.379 e. The third kappa shape index (κ3) is 47.5. The molecule has 0 unspecified atom stereocenters. The average Bonchev–Trinajstić information content (AvgIpc) is 3.13. The Kier molecular flexibility index (Phi) is 48.0. The SMILES string of the molecule is CCCCCCCCCCCCCCCCOCCOCCOCCOCCOCCOCCOCCOCCOCCOCCOCCF. The summed E-state index contributed by atoms with van der Waals surface area (Å²) in [7, 11) is 0. The smallest absolute Gasteiger partial charge is 0.113 e. The molecule has 0 bridgehead atoms. The molecule has 0 fully saturated rings. The molecule has 0 amide bonds. The minimum absolute atomic E-state index is 0.117. The van der Waals surface area contributed by atoms with Gasteiger partial charge in [0.1, 0.15) is 6.67 Å². The van der Waals surface area contributed by atoms with Gasteiger partial charge >= 0.3 is 0 Å². The fraction of sp³-hybridized carbons (Fsp3) is 1.00. The second-order valence-corrected chi connectivity index (χ2v) is 12.0. The Balaban J connectivity index is 3.04. The van der Waals surface area contributed by atoms with Crippen molar-refractivity contribution < 1.29 is 56.5 Å². The van der Waals surface area contributed by atoms with Crippen LogP contribution in [0.1, 0.15) is 96.8 Å². The number of unbranched alkanes of at least 4 members (excludes halogenated alkanes) is 13. The lowest BCUT2D eigenvalue weighted by Gasteiger charge is -2.09. The van der Waals surface area contributed by atoms with Gasteiger partial charge in [0.25, 0.3) is 0 Å². The summed E-state index contributed by atoms with van der Waals surface area (Å²) in [6, 6.07) is 0. The van der Waals surface area contributed by atoms with E-state index < -0.39 is 6.67 Å². The zero-order valence-electron chi connectivity index (χ0n) is 32.0. The summed E-state index contributed by atoms with van der Waals surface area (Å²) in [5.41, 5.74) is 0. The van der Waals surface area contributed by atoms with Crippen LogP contribution in [0.3, 0.4) is 0 Å². The van der Waals surface area contributed by atoms with Crippen molar-refractivity contribution in [2.75, 3.05) is 152 Å². The van der Waals surface area contributed by atoms with Crippen LogP contribution in [0, 0.1) is 0 Å². The predicted molar refractivity (Wildman–Crippen MR) is 195 cm³/mol. The zero-order chi connectivity index (χ0) is 35.9. The molecule has 0 aromatic carbocycles. The van der Waals surface area contributed by atoms with Gasteiger partial charge in [0.05, 0.1) is 139 Å². The Bertz CT molecular complexity index is 533. The van der Waals surface area contributed by atoms with Gasteiger partial charge in [-0.15, -0.1) is 0 Å². The van der Waals surface area contributed by atoms with Gasteiger partial charge in [-0.05, 0) is 6.42 Å². The molecule has 0 aliphatic carbocycles. The van der Waals surface area contributed by atoms with Crippen LogP contribution in [-0.4, -0.2) is 152 Å². The topological polar surface area (TPSA) is 102 Å². The Morgan fingerprint density at radius 1 is 0.220 bits per heavy atom. The fourth-order valence-electron chi connectivity index (χ4n) is 4.75. The number of alkyl halides is 1. The molecule has 0 heterocycles. The van der Waals surface area contributed by atoms with E-state index in [0.717, 1.165) is 13.0 Å². The molecule has 0 atom stereocenters. The normalized spacial score (nSPS) is 11.6. The molecule has 302 valence electrons. The molecule has 0 rings (SSSR count). The number of hydrogen-bond acceptors (Lipinski definition) is 11. The monoisotopic (exact) mass is 729 g/mol. The summed E-state index contributed by atoms with van der Waals surface area (Å²) in [4.78, 5) is 0. The number of hydrogen-bond donors (Lipinski definition) is 0. The Morgan fingerprint density at radius 2 is 0.400 bits per heavy atom. The van der Waals surface area contributed by atoms with Crippen LogP contribution in [0.4, 0.5) is 4.39 Å². The standard InChI is InChI=1S/C38H77FO11/c1-2-3-4-5-6-7-8-9-10-11-12-13-14-15-17-40-19-21-42-23-25-44-27-29-46-31-33-48-35-37-50-38-36-49-34-32-47-30-28-45-26-24-43-22-20-41-18-16-39/h2-38H2,1H3. The lowest BCUT2D eigenvalue weighted by molar-refractivity contribution is -0.0276. The van der Waals surface area contributed by atoms with Gasteiger partial charge < -0.3 is 52.1 Å². The number of rotatable bonds is 47. The predicted octanol–water partition coefficient (Wildman–Crippen LogP) is 6.62. The van der Waals surface area contributed by atoms with Gasteiger partial charge in [-0.25, -0.2) is 4.39 Å². The highest BCUT2D eigenvalue weighted by Gasteiger charge is 1.98. The minimum Gasteiger partial charge on any atom is -0.379 e. The molecular formula is C38H77FO11. The average molecular weight is 729 g/mol. The summed E-state index contributed by atoms with van der Waals surface area (Å²) in [6.07, 6.45) is 19.2. The van der Waals surface area contributed by atoms with Crippen LogP contribution < -0.4 is 0 Å². The first kappa shape index (κ1) is 49.5. The van der Waals surface area contributed by atoms with E-state index in [2.05, 4.69) is 6.92 Å². The molecule has 0 aromatic rings. The van der Waals surface area contributed by atoms with Crippen LogP contribution in [0.25, 0.3) is 0 Å². The van der Waals surface area contributed by atoms with Crippen molar-refractivity contribution in [3.63, 3.8) is 0 Å². The van der Waals surface area contributed by atoms with E-state index in [9.17, 15) is 4.39 Å². The summed E-state index contributed by atoms with van der Waals surface area (Å²) in [6.45, 7) is 13.1. The Morgan fingerprint density at radius 3 is 0.620 bits per heavy atom. The van der Waals surface area contributed by atoms with Crippen molar-refractivity contribution in [1.29, 1.82) is 0 Å². The maximum Gasteiger partial charge on any atom is 0.113 e. The first-order chi connectivity index (χ1) is 24.9.